The van der Waals surface area contributed by atoms with Gasteiger partial charge in [0.25, 0.3) is 0 Å². The Morgan fingerprint density at radius 2 is 1.57 bits per heavy atom. The number of nitrogens with one attached hydrogen (secondary N) is 1. The van der Waals surface area contributed by atoms with Crippen LogP contribution < -0.4 is 5.32 Å². The van der Waals surface area contributed by atoms with Crippen LogP contribution in [0.3, 0.4) is 0 Å². The predicted octanol–water partition coefficient (Wildman–Crippen LogP) is 6.26. The number of fused-ring (bicyclic) bond motifs is 1. The molecule has 30 heavy (non-hydrogen) atoms. The average Bonchev–Trinajstić information content (AvgIpc) is 3.23. The number of aromatic nitrogens is 3. The van der Waals surface area contributed by atoms with Gasteiger partial charge in [-0.05, 0) is 30.2 Å². The number of nitrogens with zero attached hydrogens (tertiary/aromatic N) is 3. The van der Waals surface area contributed by atoms with Gasteiger partial charge >= 0.3 is 0 Å². The number of hydrogen-bond acceptors (Lipinski definition) is 5. The first-order valence-electron chi connectivity index (χ1n) is 9.83. The van der Waals surface area contributed by atoms with Crippen molar-refractivity contribution >= 4 is 27.4 Å². The zero-order valence-electron chi connectivity index (χ0n) is 16.5. The Morgan fingerprint density at radius 3 is 2.30 bits per heavy atom. The Kier molecular flexibility index (Phi) is 4.95. The van der Waals surface area contributed by atoms with E-state index in [0.29, 0.717) is 0 Å². The van der Waals surface area contributed by atoms with Crippen molar-refractivity contribution in [3.8, 4) is 11.1 Å². The lowest BCUT2D eigenvalue weighted by molar-refractivity contribution is 0.876. The highest BCUT2D eigenvalue weighted by Crippen LogP contribution is 2.38. The Bertz CT molecular complexity index is 1230. The molecule has 0 aliphatic heterocycles. The maximum absolute atomic E-state index is 4.81. The lowest BCUT2D eigenvalue weighted by Gasteiger charge is -2.20. The van der Waals surface area contributed by atoms with Crippen LogP contribution in [0.4, 0.5) is 5.82 Å². The van der Waals surface area contributed by atoms with E-state index in [4.69, 9.17) is 4.98 Å². The van der Waals surface area contributed by atoms with Gasteiger partial charge in [-0.2, -0.15) is 0 Å². The normalized spacial score (nSPS) is 12.0. The molecule has 5 aromatic rings. The lowest BCUT2D eigenvalue weighted by Crippen LogP contribution is -2.15. The molecular weight excluding hydrogens is 388 g/mol. The van der Waals surface area contributed by atoms with E-state index in [-0.39, 0.29) is 6.04 Å². The summed E-state index contributed by atoms with van der Waals surface area (Å²) in [5, 5.41) is 6.90. The summed E-state index contributed by atoms with van der Waals surface area (Å²) in [4.78, 5) is 15.1. The van der Waals surface area contributed by atoms with E-state index in [1.165, 1.54) is 0 Å². The lowest BCUT2D eigenvalue weighted by atomic mass is 10.0. The first kappa shape index (κ1) is 18.5. The number of anilines is 1. The number of pyridine rings is 1. The Hall–Kier alpha value is -3.57. The fraction of sp³-hybridized carbons (Fsp3) is 0.0800. The molecule has 0 spiro atoms. The summed E-state index contributed by atoms with van der Waals surface area (Å²) in [6.07, 6.45) is 1.83. The fourth-order valence-electron chi connectivity index (χ4n) is 3.64. The molecular formula is C25H20N4S. The first-order valence-corrected chi connectivity index (χ1v) is 10.7. The fourth-order valence-corrected chi connectivity index (χ4v) is 4.63. The van der Waals surface area contributed by atoms with Gasteiger partial charge in [-0.1, -0.05) is 66.7 Å². The summed E-state index contributed by atoms with van der Waals surface area (Å²) in [7, 11) is 0. The van der Waals surface area contributed by atoms with Gasteiger partial charge in [-0.15, -0.1) is 11.3 Å². The van der Waals surface area contributed by atoms with Gasteiger partial charge in [0.2, 0.25) is 0 Å². The van der Waals surface area contributed by atoms with Gasteiger partial charge < -0.3 is 5.32 Å². The molecule has 0 aliphatic rings. The van der Waals surface area contributed by atoms with E-state index in [2.05, 4.69) is 57.1 Å². The second kappa shape index (κ2) is 8.05. The molecule has 3 heterocycles. The molecule has 2 aromatic carbocycles. The van der Waals surface area contributed by atoms with Gasteiger partial charge in [0.15, 0.2) is 0 Å². The van der Waals surface area contributed by atoms with Crippen molar-refractivity contribution < 1.29 is 0 Å². The number of thiophene rings is 1. The van der Waals surface area contributed by atoms with Gasteiger partial charge in [0, 0.05) is 17.1 Å². The molecule has 0 amide bonds. The van der Waals surface area contributed by atoms with Crippen molar-refractivity contribution in [2.75, 3.05) is 5.32 Å². The van der Waals surface area contributed by atoms with Crippen molar-refractivity contribution in [2.45, 2.75) is 13.0 Å². The van der Waals surface area contributed by atoms with Crippen molar-refractivity contribution in [3.63, 3.8) is 0 Å². The molecule has 3 aromatic heterocycles. The van der Waals surface area contributed by atoms with Crippen LogP contribution in [0.2, 0.25) is 0 Å². The SMILES string of the molecule is Cc1nc(NC(c2ccccc2)c2ccccn2)c2c(-c3ccccc3)csc2n1. The highest BCUT2D eigenvalue weighted by Gasteiger charge is 2.20. The van der Waals surface area contributed by atoms with E-state index in [1.807, 2.05) is 55.6 Å². The number of benzene rings is 2. The van der Waals surface area contributed by atoms with E-state index >= 15 is 0 Å². The molecule has 0 bridgehead atoms. The highest BCUT2D eigenvalue weighted by molar-refractivity contribution is 7.17. The number of rotatable bonds is 5. The van der Waals surface area contributed by atoms with Gasteiger partial charge in [0.1, 0.15) is 16.5 Å². The third kappa shape index (κ3) is 3.55. The van der Waals surface area contributed by atoms with Gasteiger partial charge in [-0.25, -0.2) is 9.97 Å². The molecule has 0 saturated heterocycles. The minimum absolute atomic E-state index is 0.117. The quantitative estimate of drug-likeness (QED) is 0.373. The molecule has 146 valence electrons. The second-order valence-corrected chi connectivity index (χ2v) is 7.92. The number of aryl methyl sites for hydroxylation is 1. The van der Waals surface area contributed by atoms with Gasteiger partial charge in [0.05, 0.1) is 17.1 Å². The summed E-state index contributed by atoms with van der Waals surface area (Å²) >= 11 is 1.65. The Morgan fingerprint density at radius 1 is 0.833 bits per heavy atom. The van der Waals surface area contributed by atoms with E-state index < -0.39 is 0 Å². The van der Waals surface area contributed by atoms with Crippen LogP contribution in [0, 0.1) is 6.92 Å². The van der Waals surface area contributed by atoms with Crippen molar-refractivity contribution in [1.82, 2.24) is 15.0 Å². The maximum Gasteiger partial charge on any atom is 0.139 e. The summed E-state index contributed by atoms with van der Waals surface area (Å²) in [5.41, 5.74) is 4.39. The van der Waals surface area contributed by atoms with Crippen LogP contribution in [0.5, 0.6) is 0 Å². The summed E-state index contributed by atoms with van der Waals surface area (Å²) in [6.45, 7) is 1.94. The van der Waals surface area contributed by atoms with Crippen LogP contribution in [-0.4, -0.2) is 15.0 Å². The van der Waals surface area contributed by atoms with Crippen LogP contribution in [0.15, 0.2) is 90.4 Å². The van der Waals surface area contributed by atoms with Crippen LogP contribution in [0.1, 0.15) is 23.1 Å². The summed E-state index contributed by atoms with van der Waals surface area (Å²) in [5.74, 6) is 1.58. The summed E-state index contributed by atoms with van der Waals surface area (Å²) in [6, 6.07) is 26.6. The molecule has 5 rings (SSSR count). The third-order valence-electron chi connectivity index (χ3n) is 5.03. The molecule has 0 saturated carbocycles. The van der Waals surface area contributed by atoms with Crippen LogP contribution >= 0.6 is 11.3 Å². The minimum Gasteiger partial charge on any atom is -0.357 e. The molecule has 1 N–H and O–H groups in total. The zero-order valence-corrected chi connectivity index (χ0v) is 17.3. The molecule has 1 atom stereocenters. The number of hydrogen-bond donors (Lipinski definition) is 1. The highest BCUT2D eigenvalue weighted by atomic mass is 32.1. The van der Waals surface area contributed by atoms with E-state index in [0.717, 1.165) is 44.2 Å². The Labute approximate surface area is 179 Å². The smallest absolute Gasteiger partial charge is 0.139 e. The largest absolute Gasteiger partial charge is 0.357 e. The van der Waals surface area contributed by atoms with Gasteiger partial charge in [-0.3, -0.25) is 4.98 Å². The van der Waals surface area contributed by atoms with Crippen LogP contribution in [0.25, 0.3) is 21.3 Å². The molecule has 1 unspecified atom stereocenters. The standard InChI is InChI=1S/C25H20N4S/c1-17-27-24(22-20(16-30-25(22)28-17)18-10-4-2-5-11-18)29-23(19-12-6-3-7-13-19)21-14-8-9-15-26-21/h2-16,23H,1H3,(H,27,28,29). The molecule has 4 nitrogen and oxygen atoms in total. The molecule has 5 heteroatoms. The third-order valence-corrected chi connectivity index (χ3v) is 5.90. The Balaban J connectivity index is 1.67. The zero-order chi connectivity index (χ0) is 20.3. The van der Waals surface area contributed by atoms with Crippen LogP contribution in [-0.2, 0) is 0 Å². The summed E-state index contributed by atoms with van der Waals surface area (Å²) < 4.78 is 0. The molecule has 0 fully saturated rings. The second-order valence-electron chi connectivity index (χ2n) is 7.06. The van der Waals surface area contributed by atoms with E-state index in [9.17, 15) is 0 Å². The predicted molar refractivity (Wildman–Crippen MR) is 124 cm³/mol. The van der Waals surface area contributed by atoms with Crippen molar-refractivity contribution in [1.29, 1.82) is 0 Å². The average molecular weight is 409 g/mol. The first-order chi connectivity index (χ1) is 14.8. The van der Waals surface area contributed by atoms with Crippen molar-refractivity contribution in [3.05, 3.63) is 108 Å². The maximum atomic E-state index is 4.81. The topological polar surface area (TPSA) is 50.7 Å². The monoisotopic (exact) mass is 408 g/mol. The van der Waals surface area contributed by atoms with Crippen molar-refractivity contribution in [2.24, 2.45) is 0 Å². The molecule has 0 radical (unpaired) electrons. The molecule has 0 aliphatic carbocycles. The van der Waals surface area contributed by atoms with E-state index in [1.54, 1.807) is 11.3 Å². The minimum atomic E-state index is -0.117.